The van der Waals surface area contributed by atoms with Crippen LogP contribution in [-0.2, 0) is 0 Å². The zero-order chi connectivity index (χ0) is 22.4. The quantitative estimate of drug-likeness (QED) is 0.551. The normalized spacial score (nSPS) is 23.3. The zero-order valence-electron chi connectivity index (χ0n) is 17.5. The highest BCUT2D eigenvalue weighted by atomic mass is 19.3. The molecule has 2 fully saturated rings. The number of aromatic nitrogens is 4. The molecule has 5 rings (SSSR count). The summed E-state index contributed by atoms with van der Waals surface area (Å²) in [6, 6.07) is 7.27. The van der Waals surface area contributed by atoms with E-state index in [1.54, 1.807) is 12.1 Å². The number of fused-ring (bicyclic) bond motifs is 3. The number of piperidine rings is 1. The Balaban J connectivity index is 1.43. The summed E-state index contributed by atoms with van der Waals surface area (Å²) in [5.41, 5.74) is 1.45. The Morgan fingerprint density at radius 2 is 2.03 bits per heavy atom. The van der Waals surface area contributed by atoms with Gasteiger partial charge in [-0.15, -0.1) is 0 Å². The maximum atomic E-state index is 13.4. The van der Waals surface area contributed by atoms with Gasteiger partial charge in [0.1, 0.15) is 11.8 Å². The number of benzene rings is 1. The second kappa shape index (κ2) is 7.92. The third kappa shape index (κ3) is 3.39. The van der Waals surface area contributed by atoms with Crippen LogP contribution in [0.25, 0.3) is 16.8 Å². The van der Waals surface area contributed by atoms with E-state index in [9.17, 15) is 13.6 Å². The van der Waals surface area contributed by atoms with Crippen molar-refractivity contribution in [1.82, 2.24) is 24.6 Å². The number of amides is 1. The molecule has 2 aliphatic rings. The lowest BCUT2D eigenvalue weighted by molar-refractivity contribution is 0.0500. The zero-order valence-corrected chi connectivity index (χ0v) is 17.5. The van der Waals surface area contributed by atoms with Gasteiger partial charge in [0.05, 0.1) is 5.71 Å². The van der Waals surface area contributed by atoms with Crippen LogP contribution in [0.2, 0.25) is 0 Å². The molecule has 1 aromatic carbocycles. The molecule has 0 spiro atoms. The summed E-state index contributed by atoms with van der Waals surface area (Å²) in [7, 11) is 0. The van der Waals surface area contributed by atoms with E-state index < -0.39 is 6.43 Å². The lowest BCUT2D eigenvalue weighted by atomic mass is 9.87. The standard InChI is InChI=1S/C22H22F2N6O2/c1-12(19(23)24)27-22-25-11-26-30(22)13(2)15-9-7-14-8-10-17(15)29(14)21(31)20-28-16-5-3-4-6-18(16)32-20/h3-6,11,14-15,17,19H,2,7-10H2,1H3/b27-12+/t14-,15+,17-/m0/s1. The van der Waals surface area contributed by atoms with Crippen molar-refractivity contribution in [1.29, 1.82) is 0 Å². The van der Waals surface area contributed by atoms with Crippen LogP contribution in [0, 0.1) is 5.92 Å². The molecule has 2 aromatic heterocycles. The number of carbonyl (C=O) groups excluding carboxylic acids is 1. The molecule has 2 aliphatic heterocycles. The molecule has 3 atom stereocenters. The van der Waals surface area contributed by atoms with E-state index in [4.69, 9.17) is 4.42 Å². The fourth-order valence-corrected chi connectivity index (χ4v) is 4.81. The van der Waals surface area contributed by atoms with Crippen molar-refractivity contribution in [2.75, 3.05) is 0 Å². The molecule has 2 bridgehead atoms. The molecule has 4 heterocycles. The number of nitrogens with zero attached hydrogens (tertiary/aromatic N) is 6. The highest BCUT2D eigenvalue weighted by Gasteiger charge is 2.47. The molecule has 8 nitrogen and oxygen atoms in total. The van der Waals surface area contributed by atoms with Gasteiger partial charge in [0, 0.05) is 23.7 Å². The predicted octanol–water partition coefficient (Wildman–Crippen LogP) is 4.33. The molecule has 166 valence electrons. The highest BCUT2D eigenvalue weighted by molar-refractivity contribution is 5.93. The number of carbonyl (C=O) groups is 1. The third-order valence-electron chi connectivity index (χ3n) is 6.36. The molecule has 32 heavy (non-hydrogen) atoms. The number of alkyl halides is 2. The predicted molar refractivity (Wildman–Crippen MR) is 114 cm³/mol. The van der Waals surface area contributed by atoms with Crippen LogP contribution in [0.3, 0.4) is 0 Å². The van der Waals surface area contributed by atoms with Gasteiger partial charge >= 0.3 is 5.91 Å². The fraction of sp³-hybridized carbons (Fsp3) is 0.409. The maximum Gasteiger partial charge on any atom is 0.310 e. The summed E-state index contributed by atoms with van der Waals surface area (Å²) in [6.07, 6.45) is 1.89. The minimum Gasteiger partial charge on any atom is -0.432 e. The molecular weight excluding hydrogens is 418 g/mol. The highest BCUT2D eigenvalue weighted by Crippen LogP contribution is 2.44. The molecule has 10 heteroatoms. The largest absolute Gasteiger partial charge is 0.432 e. The Bertz CT molecular complexity index is 1180. The number of aliphatic imine (C=N–C) groups is 1. The number of rotatable bonds is 5. The van der Waals surface area contributed by atoms with Crippen molar-refractivity contribution in [3.63, 3.8) is 0 Å². The molecule has 1 amide bonds. The Kier molecular flexibility index (Phi) is 5.07. The lowest BCUT2D eigenvalue weighted by Crippen LogP contribution is -2.48. The number of hydrogen-bond donors (Lipinski definition) is 0. The minimum absolute atomic E-state index is 0.0600. The van der Waals surface area contributed by atoms with Gasteiger partial charge in [0.25, 0.3) is 18.3 Å². The maximum absolute atomic E-state index is 13.4. The van der Waals surface area contributed by atoms with Crippen LogP contribution in [0.15, 0.2) is 46.6 Å². The van der Waals surface area contributed by atoms with Gasteiger partial charge in [-0.25, -0.2) is 23.4 Å². The van der Waals surface area contributed by atoms with Crippen LogP contribution >= 0.6 is 0 Å². The summed E-state index contributed by atoms with van der Waals surface area (Å²) in [4.78, 5) is 27.5. The third-order valence-corrected chi connectivity index (χ3v) is 6.36. The van der Waals surface area contributed by atoms with Crippen LogP contribution in [0.1, 0.15) is 43.3 Å². The first-order valence-corrected chi connectivity index (χ1v) is 10.5. The summed E-state index contributed by atoms with van der Waals surface area (Å²) in [5, 5.41) is 4.16. The second-order valence-corrected chi connectivity index (χ2v) is 8.20. The molecule has 0 N–H and O–H groups in total. The van der Waals surface area contributed by atoms with Crippen LogP contribution in [0.4, 0.5) is 14.7 Å². The van der Waals surface area contributed by atoms with E-state index in [2.05, 4.69) is 26.6 Å². The van der Waals surface area contributed by atoms with Crippen LogP contribution < -0.4 is 0 Å². The van der Waals surface area contributed by atoms with Gasteiger partial charge in [0.15, 0.2) is 5.58 Å². The topological polar surface area (TPSA) is 89.4 Å². The number of halogens is 2. The van der Waals surface area contributed by atoms with Crippen molar-refractivity contribution < 1.29 is 18.0 Å². The van der Waals surface area contributed by atoms with Crippen molar-refractivity contribution in [3.05, 3.63) is 43.1 Å². The van der Waals surface area contributed by atoms with Gasteiger partial charge in [-0.05, 0) is 44.7 Å². The number of hydrogen-bond acceptors (Lipinski definition) is 6. The molecule has 0 radical (unpaired) electrons. The molecule has 0 unspecified atom stereocenters. The molecule has 3 aromatic rings. The van der Waals surface area contributed by atoms with E-state index in [-0.39, 0.29) is 41.5 Å². The summed E-state index contributed by atoms with van der Waals surface area (Å²) >= 11 is 0. The fourth-order valence-electron chi connectivity index (χ4n) is 4.81. The van der Waals surface area contributed by atoms with Crippen LogP contribution in [0.5, 0.6) is 0 Å². The Hall–Kier alpha value is -3.43. The van der Waals surface area contributed by atoms with E-state index in [1.807, 2.05) is 17.0 Å². The lowest BCUT2D eigenvalue weighted by Gasteiger charge is -2.40. The van der Waals surface area contributed by atoms with Gasteiger partial charge < -0.3 is 9.32 Å². The molecule has 0 aliphatic carbocycles. The van der Waals surface area contributed by atoms with Crippen molar-refractivity contribution in [2.45, 2.75) is 51.1 Å². The van der Waals surface area contributed by atoms with Crippen molar-refractivity contribution in [3.8, 4) is 0 Å². The second-order valence-electron chi connectivity index (χ2n) is 8.20. The van der Waals surface area contributed by atoms with Crippen LogP contribution in [-0.4, -0.2) is 54.8 Å². The van der Waals surface area contributed by atoms with Crippen molar-refractivity contribution >= 4 is 34.4 Å². The Morgan fingerprint density at radius 3 is 2.81 bits per heavy atom. The van der Waals surface area contributed by atoms with Gasteiger partial charge in [-0.1, -0.05) is 18.7 Å². The SMILES string of the molecule is C=C([C@H]1CC[C@H]2CC[C@@H]1N2C(=O)c1nc2ccccc2o1)n1ncnc1/N=C(\C)C(F)F. The smallest absolute Gasteiger partial charge is 0.310 e. The van der Waals surface area contributed by atoms with Crippen molar-refractivity contribution in [2.24, 2.45) is 10.9 Å². The monoisotopic (exact) mass is 440 g/mol. The van der Waals surface area contributed by atoms with E-state index >= 15 is 0 Å². The van der Waals surface area contributed by atoms with Gasteiger partial charge in [0.2, 0.25) is 0 Å². The average molecular weight is 440 g/mol. The summed E-state index contributed by atoms with van der Waals surface area (Å²) in [6.45, 7) is 5.42. The first-order valence-electron chi connectivity index (χ1n) is 10.5. The Morgan fingerprint density at radius 1 is 1.25 bits per heavy atom. The van der Waals surface area contributed by atoms with Gasteiger partial charge in [-0.2, -0.15) is 10.1 Å². The first kappa shape index (κ1) is 20.5. The molecular formula is C22H22F2N6O2. The van der Waals surface area contributed by atoms with E-state index in [0.29, 0.717) is 16.8 Å². The van der Waals surface area contributed by atoms with Gasteiger partial charge in [-0.3, -0.25) is 4.79 Å². The number of para-hydroxylation sites is 2. The summed E-state index contributed by atoms with van der Waals surface area (Å²) < 4.78 is 33.0. The molecule has 2 saturated heterocycles. The first-order chi connectivity index (χ1) is 15.4. The molecule has 0 saturated carbocycles. The number of oxazole rings is 1. The van der Waals surface area contributed by atoms with E-state index in [1.165, 1.54) is 17.9 Å². The van der Waals surface area contributed by atoms with E-state index in [0.717, 1.165) is 25.7 Å². The summed E-state index contributed by atoms with van der Waals surface area (Å²) in [5.74, 6) is -0.209. The Labute approximate surface area is 182 Å². The minimum atomic E-state index is -2.68. The average Bonchev–Trinajstić information content (AvgIpc) is 3.49.